The van der Waals surface area contributed by atoms with Gasteiger partial charge in [0, 0.05) is 5.54 Å². The first-order chi connectivity index (χ1) is 13.5. The van der Waals surface area contributed by atoms with E-state index >= 15 is 0 Å². The largest absolute Gasteiger partial charge is 0.492 e. The van der Waals surface area contributed by atoms with Crippen LogP contribution in [-0.4, -0.2) is 32.5 Å². The number of carbonyl (C=O) groups is 1. The Bertz CT molecular complexity index is 941. The van der Waals surface area contributed by atoms with Crippen molar-refractivity contribution >= 4 is 27.5 Å². The van der Waals surface area contributed by atoms with Gasteiger partial charge in [-0.25, -0.2) is 8.42 Å². The molecule has 0 unspecified atom stereocenters. The molecule has 29 heavy (non-hydrogen) atoms. The first-order valence-corrected chi connectivity index (χ1v) is 11.2. The van der Waals surface area contributed by atoms with Crippen LogP contribution in [0.3, 0.4) is 0 Å². The second-order valence-corrected chi connectivity index (χ2v) is 9.75. The van der Waals surface area contributed by atoms with Gasteiger partial charge < -0.3 is 10.1 Å². The van der Waals surface area contributed by atoms with E-state index in [1.54, 1.807) is 0 Å². The zero-order valence-corrected chi connectivity index (χ0v) is 18.6. The standard InChI is InChI=1S/C21H27ClN2O4S/c1-5-28-19-12-11-16(14-17(19)22)29(26,27)24-18(20(25)23-21(2,3)4)13-15-9-7-6-8-10-15/h6-12,14,18,24H,5,13H2,1-4H3,(H,23,25)/t18-/m1/s1. The van der Waals surface area contributed by atoms with Crippen LogP contribution in [0.2, 0.25) is 5.02 Å². The van der Waals surface area contributed by atoms with Crippen molar-refractivity contribution in [1.82, 2.24) is 10.0 Å². The van der Waals surface area contributed by atoms with Crippen molar-refractivity contribution in [3.63, 3.8) is 0 Å². The average Bonchev–Trinajstić information content (AvgIpc) is 2.62. The number of hydrogen-bond donors (Lipinski definition) is 2. The maximum atomic E-state index is 12.9. The van der Waals surface area contributed by atoms with Crippen LogP contribution in [-0.2, 0) is 21.2 Å². The number of sulfonamides is 1. The number of ether oxygens (including phenoxy) is 1. The van der Waals surface area contributed by atoms with Crippen LogP contribution < -0.4 is 14.8 Å². The molecule has 0 aromatic heterocycles. The fraction of sp³-hybridized carbons (Fsp3) is 0.381. The van der Waals surface area contributed by atoms with Crippen LogP contribution in [0.4, 0.5) is 0 Å². The SMILES string of the molecule is CCOc1ccc(S(=O)(=O)N[C@H](Cc2ccccc2)C(=O)NC(C)(C)C)cc1Cl. The molecule has 8 heteroatoms. The Morgan fingerprint density at radius 3 is 2.34 bits per heavy atom. The van der Waals surface area contributed by atoms with E-state index in [2.05, 4.69) is 10.0 Å². The van der Waals surface area contributed by atoms with E-state index in [0.29, 0.717) is 12.4 Å². The van der Waals surface area contributed by atoms with E-state index in [4.69, 9.17) is 16.3 Å². The number of nitrogens with one attached hydrogen (secondary N) is 2. The molecule has 0 spiro atoms. The Balaban J connectivity index is 2.30. The van der Waals surface area contributed by atoms with E-state index in [0.717, 1.165) is 5.56 Å². The summed E-state index contributed by atoms with van der Waals surface area (Å²) in [5.74, 6) is 0.00129. The molecule has 158 valence electrons. The summed E-state index contributed by atoms with van der Waals surface area (Å²) >= 11 is 6.13. The molecule has 0 aliphatic rings. The van der Waals surface area contributed by atoms with Gasteiger partial charge in [0.05, 0.1) is 16.5 Å². The van der Waals surface area contributed by atoms with Crippen molar-refractivity contribution in [1.29, 1.82) is 0 Å². The van der Waals surface area contributed by atoms with Gasteiger partial charge in [-0.2, -0.15) is 4.72 Å². The lowest BCUT2D eigenvalue weighted by Gasteiger charge is -2.25. The summed E-state index contributed by atoms with van der Waals surface area (Å²) < 4.78 is 33.7. The van der Waals surface area contributed by atoms with E-state index in [9.17, 15) is 13.2 Å². The molecular formula is C21H27ClN2O4S. The number of rotatable bonds is 8. The minimum atomic E-state index is -3.99. The monoisotopic (exact) mass is 438 g/mol. The molecule has 1 atom stereocenters. The van der Waals surface area contributed by atoms with Crippen molar-refractivity contribution in [2.75, 3.05) is 6.61 Å². The molecule has 1 amide bonds. The molecule has 2 aromatic carbocycles. The highest BCUT2D eigenvalue weighted by molar-refractivity contribution is 7.89. The van der Waals surface area contributed by atoms with Gasteiger partial charge in [0.15, 0.2) is 0 Å². The Morgan fingerprint density at radius 2 is 1.79 bits per heavy atom. The van der Waals surface area contributed by atoms with Crippen molar-refractivity contribution in [3.05, 3.63) is 59.1 Å². The van der Waals surface area contributed by atoms with Gasteiger partial charge in [-0.3, -0.25) is 4.79 Å². The molecule has 0 fully saturated rings. The third kappa shape index (κ3) is 7.03. The molecule has 2 aromatic rings. The van der Waals surface area contributed by atoms with Gasteiger partial charge in [0.2, 0.25) is 15.9 Å². The van der Waals surface area contributed by atoms with Crippen LogP contribution in [0.1, 0.15) is 33.3 Å². The highest BCUT2D eigenvalue weighted by atomic mass is 35.5. The zero-order valence-electron chi connectivity index (χ0n) is 17.0. The molecule has 0 radical (unpaired) electrons. The number of hydrogen-bond acceptors (Lipinski definition) is 4. The summed E-state index contributed by atoms with van der Waals surface area (Å²) in [6, 6.07) is 12.5. The molecule has 0 aliphatic carbocycles. The summed E-state index contributed by atoms with van der Waals surface area (Å²) in [7, 11) is -3.99. The molecule has 0 saturated carbocycles. The van der Waals surface area contributed by atoms with Crippen molar-refractivity contribution in [2.24, 2.45) is 0 Å². The Kier molecular flexibility index (Phi) is 7.68. The normalized spacial score (nSPS) is 13.0. The number of carbonyl (C=O) groups excluding carboxylic acids is 1. The molecule has 0 heterocycles. The molecule has 2 rings (SSSR count). The van der Waals surface area contributed by atoms with Crippen LogP contribution >= 0.6 is 11.6 Å². The molecule has 0 saturated heterocycles. The highest BCUT2D eigenvalue weighted by Crippen LogP contribution is 2.27. The quantitative estimate of drug-likeness (QED) is 0.660. The third-order valence-corrected chi connectivity index (χ3v) is 5.67. The summed E-state index contributed by atoms with van der Waals surface area (Å²) in [6.07, 6.45) is 0.215. The second-order valence-electron chi connectivity index (χ2n) is 7.63. The molecule has 0 aliphatic heterocycles. The molecule has 6 nitrogen and oxygen atoms in total. The summed E-state index contributed by atoms with van der Waals surface area (Å²) in [5.41, 5.74) is 0.342. The number of amides is 1. The van der Waals surface area contributed by atoms with E-state index in [1.165, 1.54) is 18.2 Å². The first-order valence-electron chi connectivity index (χ1n) is 9.32. The Morgan fingerprint density at radius 1 is 1.14 bits per heavy atom. The van der Waals surface area contributed by atoms with Crippen LogP contribution in [0.25, 0.3) is 0 Å². The van der Waals surface area contributed by atoms with Crippen LogP contribution in [0.15, 0.2) is 53.4 Å². The molecule has 2 N–H and O–H groups in total. The van der Waals surface area contributed by atoms with Gasteiger partial charge in [0.1, 0.15) is 11.8 Å². The smallest absolute Gasteiger partial charge is 0.241 e. The predicted molar refractivity (Wildman–Crippen MR) is 115 cm³/mol. The van der Waals surface area contributed by atoms with Gasteiger partial charge in [0.25, 0.3) is 0 Å². The summed E-state index contributed by atoms with van der Waals surface area (Å²) in [5, 5.41) is 3.03. The van der Waals surface area contributed by atoms with Crippen molar-refractivity contribution in [3.8, 4) is 5.75 Å². The highest BCUT2D eigenvalue weighted by Gasteiger charge is 2.28. The van der Waals surface area contributed by atoms with E-state index in [-0.39, 0.29) is 16.3 Å². The lowest BCUT2D eigenvalue weighted by molar-refractivity contribution is -0.124. The van der Waals surface area contributed by atoms with Gasteiger partial charge in [-0.15, -0.1) is 0 Å². The Labute approximate surface area is 177 Å². The lowest BCUT2D eigenvalue weighted by Crippen LogP contribution is -2.52. The van der Waals surface area contributed by atoms with Gasteiger partial charge >= 0.3 is 0 Å². The zero-order chi connectivity index (χ0) is 21.7. The average molecular weight is 439 g/mol. The van der Waals surface area contributed by atoms with Crippen LogP contribution in [0, 0.1) is 0 Å². The van der Waals surface area contributed by atoms with Gasteiger partial charge in [-0.1, -0.05) is 41.9 Å². The second kappa shape index (κ2) is 9.61. The summed E-state index contributed by atoms with van der Waals surface area (Å²) in [6.45, 7) is 7.74. The fourth-order valence-corrected chi connectivity index (χ4v) is 4.19. The van der Waals surface area contributed by atoms with Crippen molar-refractivity contribution in [2.45, 2.75) is 50.6 Å². The van der Waals surface area contributed by atoms with E-state index in [1.807, 2.05) is 58.0 Å². The van der Waals surface area contributed by atoms with Gasteiger partial charge in [-0.05, 0) is 57.9 Å². The van der Waals surface area contributed by atoms with E-state index < -0.39 is 27.5 Å². The topological polar surface area (TPSA) is 84.5 Å². The third-order valence-electron chi connectivity index (χ3n) is 3.91. The molecule has 0 bridgehead atoms. The first kappa shape index (κ1) is 23.2. The summed E-state index contributed by atoms with van der Waals surface area (Å²) in [4.78, 5) is 12.8. The van der Waals surface area contributed by atoms with Crippen LogP contribution in [0.5, 0.6) is 5.75 Å². The lowest BCUT2D eigenvalue weighted by atomic mass is 10.0. The maximum absolute atomic E-state index is 12.9. The van der Waals surface area contributed by atoms with Crippen molar-refractivity contribution < 1.29 is 17.9 Å². The number of benzene rings is 2. The minimum Gasteiger partial charge on any atom is -0.492 e. The number of halogens is 1. The fourth-order valence-electron chi connectivity index (χ4n) is 2.67. The minimum absolute atomic E-state index is 0.0347. The maximum Gasteiger partial charge on any atom is 0.241 e. The Hall–Kier alpha value is -2.09. The molecular weight excluding hydrogens is 412 g/mol. The predicted octanol–water partition coefficient (Wildman–Crippen LogP) is 3.54.